The standard InChI is InChI=1S/C27H27N3O8S/c31-26(32)23(29-39(36,37)25-15-6-5-14-24(25)30(34)35)13-7-8-16-28-27(33)38-17-22-20-11-3-1-9-18(20)19-10-2-4-12-21(19)22/h1-6,9-12,14-15,22-23,29H,7-8,13,16-17H2,(H,28,33)(H,31,32)/t23-/m0/s1. The fraction of sp³-hybridized carbons (Fsp3) is 0.259. The molecule has 12 heteroatoms. The van der Waals surface area contributed by atoms with Crippen molar-refractivity contribution in [3.63, 3.8) is 0 Å². The number of alkyl carbamates (subject to hydrolysis) is 1. The van der Waals surface area contributed by atoms with Gasteiger partial charge in [0.05, 0.1) is 4.92 Å². The van der Waals surface area contributed by atoms with E-state index in [1.54, 1.807) is 0 Å². The number of fused-ring (bicyclic) bond motifs is 3. The third-order valence-electron chi connectivity index (χ3n) is 6.48. The first kappa shape index (κ1) is 27.7. The predicted molar refractivity (Wildman–Crippen MR) is 142 cm³/mol. The summed E-state index contributed by atoms with van der Waals surface area (Å²) in [5, 5.41) is 23.3. The molecule has 11 nitrogen and oxygen atoms in total. The summed E-state index contributed by atoms with van der Waals surface area (Å²) < 4.78 is 32.8. The lowest BCUT2D eigenvalue weighted by molar-refractivity contribution is -0.387. The molecule has 0 aliphatic heterocycles. The molecule has 0 fully saturated rings. The first-order valence-corrected chi connectivity index (χ1v) is 13.7. The van der Waals surface area contributed by atoms with Crippen molar-refractivity contribution < 1.29 is 32.8 Å². The summed E-state index contributed by atoms with van der Waals surface area (Å²) in [6.07, 6.45) is -0.0632. The maximum absolute atomic E-state index is 12.6. The molecular formula is C27H27N3O8S. The summed E-state index contributed by atoms with van der Waals surface area (Å²) in [5.74, 6) is -1.49. The highest BCUT2D eigenvalue weighted by Gasteiger charge is 2.31. The minimum absolute atomic E-state index is 0.0760. The van der Waals surface area contributed by atoms with Gasteiger partial charge >= 0.3 is 12.1 Å². The van der Waals surface area contributed by atoms with Crippen LogP contribution in [0.3, 0.4) is 0 Å². The molecule has 0 saturated heterocycles. The molecule has 39 heavy (non-hydrogen) atoms. The predicted octanol–water partition coefficient (Wildman–Crippen LogP) is 4.04. The molecule has 1 amide bonds. The van der Waals surface area contributed by atoms with Gasteiger partial charge in [0.25, 0.3) is 5.69 Å². The number of nitrogens with one attached hydrogen (secondary N) is 2. The molecule has 0 aromatic heterocycles. The Labute approximate surface area is 225 Å². The number of unbranched alkanes of at least 4 members (excludes halogenated alkanes) is 1. The van der Waals surface area contributed by atoms with Crippen LogP contribution in [0.5, 0.6) is 0 Å². The number of aliphatic carboxylic acids is 1. The minimum Gasteiger partial charge on any atom is -0.480 e. The number of carbonyl (C=O) groups is 2. The first-order chi connectivity index (χ1) is 18.7. The van der Waals surface area contributed by atoms with Gasteiger partial charge in [0.2, 0.25) is 10.0 Å². The third-order valence-corrected chi connectivity index (χ3v) is 8.00. The van der Waals surface area contributed by atoms with Crippen molar-refractivity contribution in [2.45, 2.75) is 36.1 Å². The monoisotopic (exact) mass is 553 g/mol. The first-order valence-electron chi connectivity index (χ1n) is 12.3. The fourth-order valence-corrected chi connectivity index (χ4v) is 6.03. The van der Waals surface area contributed by atoms with Crippen LogP contribution < -0.4 is 10.0 Å². The van der Waals surface area contributed by atoms with Gasteiger partial charge in [-0.1, -0.05) is 60.7 Å². The van der Waals surface area contributed by atoms with E-state index < -0.39 is 43.6 Å². The zero-order valence-corrected chi connectivity index (χ0v) is 21.6. The lowest BCUT2D eigenvalue weighted by Gasteiger charge is -2.16. The Morgan fingerprint density at radius 2 is 1.54 bits per heavy atom. The molecule has 1 aliphatic rings. The van der Waals surface area contributed by atoms with E-state index in [4.69, 9.17) is 4.74 Å². The summed E-state index contributed by atoms with van der Waals surface area (Å²) in [4.78, 5) is 33.6. The molecule has 0 radical (unpaired) electrons. The van der Waals surface area contributed by atoms with Crippen LogP contribution in [0.15, 0.2) is 77.7 Å². The maximum Gasteiger partial charge on any atom is 0.407 e. The van der Waals surface area contributed by atoms with Crippen LogP contribution in [-0.4, -0.2) is 49.7 Å². The van der Waals surface area contributed by atoms with Gasteiger partial charge in [-0.05, 0) is 47.6 Å². The van der Waals surface area contributed by atoms with Gasteiger partial charge in [0.15, 0.2) is 4.90 Å². The number of benzene rings is 3. The molecule has 0 saturated carbocycles. The number of nitrogens with zero attached hydrogens (tertiary/aromatic N) is 1. The maximum atomic E-state index is 12.6. The number of hydrogen-bond donors (Lipinski definition) is 3. The van der Waals surface area contributed by atoms with Crippen molar-refractivity contribution in [1.29, 1.82) is 0 Å². The van der Waals surface area contributed by atoms with E-state index in [2.05, 4.69) is 5.32 Å². The molecule has 204 valence electrons. The smallest absolute Gasteiger partial charge is 0.407 e. The lowest BCUT2D eigenvalue weighted by Crippen LogP contribution is -2.41. The summed E-state index contributed by atoms with van der Waals surface area (Å²) >= 11 is 0. The highest BCUT2D eigenvalue weighted by molar-refractivity contribution is 7.89. The SMILES string of the molecule is O=C(NCCCC[C@H](NS(=O)(=O)c1ccccc1[N+](=O)[O-])C(=O)O)OCC1c2ccccc2-c2ccccc21. The van der Waals surface area contributed by atoms with Gasteiger partial charge in [0.1, 0.15) is 12.6 Å². The Morgan fingerprint density at radius 3 is 2.15 bits per heavy atom. The summed E-state index contributed by atoms with van der Waals surface area (Å²) in [6.45, 7) is 0.355. The average molecular weight is 554 g/mol. The second kappa shape index (κ2) is 12.0. The van der Waals surface area contributed by atoms with E-state index in [0.29, 0.717) is 6.42 Å². The topological polar surface area (TPSA) is 165 Å². The van der Waals surface area contributed by atoms with E-state index in [0.717, 1.165) is 34.4 Å². The van der Waals surface area contributed by atoms with E-state index in [9.17, 15) is 33.2 Å². The van der Waals surface area contributed by atoms with Crippen LogP contribution in [0.1, 0.15) is 36.3 Å². The van der Waals surface area contributed by atoms with Crippen LogP contribution in [0.4, 0.5) is 10.5 Å². The molecule has 3 aromatic carbocycles. The van der Waals surface area contributed by atoms with Crippen LogP contribution >= 0.6 is 0 Å². The second-order valence-corrected chi connectivity index (χ2v) is 10.7. The normalized spacial score (nSPS) is 13.2. The van der Waals surface area contributed by atoms with Crippen molar-refractivity contribution in [2.75, 3.05) is 13.2 Å². The number of amides is 1. The molecule has 0 heterocycles. The van der Waals surface area contributed by atoms with E-state index in [1.807, 2.05) is 53.3 Å². The molecule has 1 aliphatic carbocycles. The van der Waals surface area contributed by atoms with Crippen LogP contribution in [0.2, 0.25) is 0 Å². The zero-order chi connectivity index (χ0) is 28.0. The highest BCUT2D eigenvalue weighted by atomic mass is 32.2. The fourth-order valence-electron chi connectivity index (χ4n) is 4.63. The second-order valence-electron chi connectivity index (χ2n) is 8.99. The van der Waals surface area contributed by atoms with Crippen molar-refractivity contribution in [2.24, 2.45) is 0 Å². The van der Waals surface area contributed by atoms with Gasteiger partial charge in [-0.3, -0.25) is 14.9 Å². The average Bonchev–Trinajstić information content (AvgIpc) is 3.24. The molecule has 0 bridgehead atoms. The molecular weight excluding hydrogens is 526 g/mol. The van der Waals surface area contributed by atoms with Crippen molar-refractivity contribution >= 4 is 27.8 Å². The van der Waals surface area contributed by atoms with Crippen LogP contribution in [0.25, 0.3) is 11.1 Å². The number of carboxylic acids is 1. The highest BCUT2D eigenvalue weighted by Crippen LogP contribution is 2.44. The quantitative estimate of drug-likeness (QED) is 0.172. The number of nitro groups is 1. The number of carboxylic acid groups (broad SMARTS) is 1. The number of ether oxygens (including phenoxy) is 1. The van der Waals surface area contributed by atoms with Crippen LogP contribution in [0, 0.1) is 10.1 Å². The number of carbonyl (C=O) groups excluding carboxylic acids is 1. The molecule has 3 N–H and O–H groups in total. The number of sulfonamides is 1. The lowest BCUT2D eigenvalue weighted by atomic mass is 9.98. The van der Waals surface area contributed by atoms with Gasteiger partial charge in [0, 0.05) is 18.5 Å². The summed E-state index contributed by atoms with van der Waals surface area (Å²) in [5.41, 5.74) is 3.77. The van der Waals surface area contributed by atoms with Gasteiger partial charge in [-0.25, -0.2) is 13.2 Å². The van der Waals surface area contributed by atoms with Crippen molar-refractivity contribution in [3.8, 4) is 11.1 Å². The Morgan fingerprint density at radius 1 is 0.949 bits per heavy atom. The molecule has 4 rings (SSSR count). The van der Waals surface area contributed by atoms with Crippen molar-refractivity contribution in [1.82, 2.24) is 10.0 Å². The summed E-state index contributed by atoms with van der Waals surface area (Å²) in [6, 6.07) is 19.2. The van der Waals surface area contributed by atoms with E-state index in [1.165, 1.54) is 12.1 Å². The largest absolute Gasteiger partial charge is 0.480 e. The van der Waals surface area contributed by atoms with Gasteiger partial charge in [-0.15, -0.1) is 0 Å². The van der Waals surface area contributed by atoms with Crippen molar-refractivity contribution in [3.05, 3.63) is 94.0 Å². The summed E-state index contributed by atoms with van der Waals surface area (Å²) in [7, 11) is -4.46. The van der Waals surface area contributed by atoms with Crippen LogP contribution in [-0.2, 0) is 19.6 Å². The van der Waals surface area contributed by atoms with E-state index in [-0.39, 0.29) is 31.9 Å². The Bertz CT molecular complexity index is 1450. The minimum atomic E-state index is -4.46. The van der Waals surface area contributed by atoms with Gasteiger partial charge in [-0.2, -0.15) is 4.72 Å². The van der Waals surface area contributed by atoms with Gasteiger partial charge < -0.3 is 15.2 Å². The number of rotatable bonds is 12. The Hall–Kier alpha value is -4.29. The van der Waals surface area contributed by atoms with E-state index >= 15 is 0 Å². The molecule has 1 atom stereocenters. The molecule has 3 aromatic rings. The molecule has 0 spiro atoms. The number of hydrogen-bond acceptors (Lipinski definition) is 7. The Balaban J connectivity index is 1.24. The Kier molecular flexibility index (Phi) is 8.57. The number of nitro benzene ring substituents is 1. The zero-order valence-electron chi connectivity index (χ0n) is 20.8. The molecule has 0 unspecified atom stereocenters. The third kappa shape index (κ3) is 6.41. The number of para-hydroxylation sites is 1.